The van der Waals surface area contributed by atoms with Crippen LogP contribution in [0.5, 0.6) is 5.75 Å². The van der Waals surface area contributed by atoms with Gasteiger partial charge in [-0.25, -0.2) is 13.8 Å². The summed E-state index contributed by atoms with van der Waals surface area (Å²) >= 11 is 5.99. The van der Waals surface area contributed by atoms with Crippen LogP contribution < -0.4 is 14.5 Å². The van der Waals surface area contributed by atoms with E-state index in [9.17, 15) is 13.2 Å². The third-order valence-corrected chi connectivity index (χ3v) is 6.62. The SMILES string of the molecule is COc1ccc(C)cc1N(CC(=O)N/N=C\c1cc(C)n(-c2ccc(Cl)cc2)c1C)S(C)(=O)=O. The summed E-state index contributed by atoms with van der Waals surface area (Å²) in [6, 6.07) is 14.5. The molecule has 8 nitrogen and oxygen atoms in total. The Morgan fingerprint density at radius 3 is 2.44 bits per heavy atom. The molecule has 0 aliphatic heterocycles. The number of ether oxygens (including phenoxy) is 1. The Kier molecular flexibility index (Phi) is 7.68. The number of nitrogens with one attached hydrogen (secondary N) is 1. The standard InChI is InChI=1S/C24H27ClN4O4S/c1-16-6-11-23(33-4)22(12-16)28(34(5,31)32)15-24(30)27-26-14-19-13-17(2)29(18(19)3)21-9-7-20(25)8-10-21/h6-14H,15H2,1-5H3,(H,27,30)/b26-14-. The van der Waals surface area contributed by atoms with E-state index in [0.29, 0.717) is 10.8 Å². The van der Waals surface area contributed by atoms with Crippen molar-refractivity contribution in [1.29, 1.82) is 0 Å². The molecule has 1 aromatic heterocycles. The molecular weight excluding hydrogens is 476 g/mol. The van der Waals surface area contributed by atoms with Crippen LogP contribution in [0, 0.1) is 20.8 Å². The van der Waals surface area contributed by atoms with E-state index in [0.717, 1.165) is 38.8 Å². The first-order valence-electron chi connectivity index (χ1n) is 10.4. The molecule has 1 amide bonds. The number of rotatable bonds is 8. The molecule has 0 unspecified atom stereocenters. The van der Waals surface area contributed by atoms with Gasteiger partial charge in [-0.1, -0.05) is 17.7 Å². The fraction of sp³-hybridized carbons (Fsp3) is 0.250. The van der Waals surface area contributed by atoms with Crippen LogP contribution in [0.15, 0.2) is 53.6 Å². The molecule has 0 saturated heterocycles. The topological polar surface area (TPSA) is 93.0 Å². The van der Waals surface area contributed by atoms with Crippen molar-refractivity contribution in [2.45, 2.75) is 20.8 Å². The van der Waals surface area contributed by atoms with Crippen molar-refractivity contribution in [3.63, 3.8) is 0 Å². The fourth-order valence-corrected chi connectivity index (χ4v) is 4.60. The van der Waals surface area contributed by atoms with Gasteiger partial charge in [0.2, 0.25) is 10.0 Å². The van der Waals surface area contributed by atoms with E-state index >= 15 is 0 Å². The molecule has 3 aromatic rings. The zero-order valence-corrected chi connectivity index (χ0v) is 21.2. The summed E-state index contributed by atoms with van der Waals surface area (Å²) in [6.07, 6.45) is 2.57. The lowest BCUT2D eigenvalue weighted by atomic mass is 10.2. The second kappa shape index (κ2) is 10.3. The largest absolute Gasteiger partial charge is 0.495 e. The number of benzene rings is 2. The highest BCUT2D eigenvalue weighted by atomic mass is 35.5. The normalized spacial score (nSPS) is 11.6. The predicted molar refractivity (Wildman–Crippen MR) is 136 cm³/mol. The van der Waals surface area contributed by atoms with Crippen molar-refractivity contribution >= 4 is 39.4 Å². The van der Waals surface area contributed by atoms with Crippen molar-refractivity contribution in [2.75, 3.05) is 24.2 Å². The minimum atomic E-state index is -3.75. The third kappa shape index (κ3) is 5.78. The first-order valence-corrected chi connectivity index (χ1v) is 12.6. The summed E-state index contributed by atoms with van der Waals surface area (Å²) in [5.74, 6) is -0.237. The number of halogens is 1. The van der Waals surface area contributed by atoms with Gasteiger partial charge in [0.15, 0.2) is 0 Å². The number of methoxy groups -OCH3 is 1. The van der Waals surface area contributed by atoms with E-state index in [1.54, 1.807) is 18.2 Å². The maximum atomic E-state index is 12.6. The summed E-state index contributed by atoms with van der Waals surface area (Å²) in [7, 11) is -2.31. The predicted octanol–water partition coefficient (Wildman–Crippen LogP) is 3.98. The maximum Gasteiger partial charge on any atom is 0.260 e. The molecule has 0 radical (unpaired) electrons. The van der Waals surface area contributed by atoms with E-state index in [1.165, 1.54) is 13.3 Å². The maximum absolute atomic E-state index is 12.6. The minimum Gasteiger partial charge on any atom is -0.495 e. The van der Waals surface area contributed by atoms with Gasteiger partial charge in [-0.05, 0) is 68.8 Å². The fourth-order valence-electron chi connectivity index (χ4n) is 3.62. The first-order chi connectivity index (χ1) is 16.0. The van der Waals surface area contributed by atoms with Crippen LogP contribution in [0.3, 0.4) is 0 Å². The molecule has 0 saturated carbocycles. The Morgan fingerprint density at radius 1 is 1.15 bits per heavy atom. The Morgan fingerprint density at radius 2 is 1.82 bits per heavy atom. The highest BCUT2D eigenvalue weighted by Crippen LogP contribution is 2.30. The van der Waals surface area contributed by atoms with Crippen LogP contribution in [0.4, 0.5) is 5.69 Å². The molecule has 0 atom stereocenters. The minimum absolute atomic E-state index is 0.288. The molecule has 1 N–H and O–H groups in total. The van der Waals surface area contributed by atoms with Gasteiger partial charge in [-0.3, -0.25) is 9.10 Å². The van der Waals surface area contributed by atoms with Crippen LogP contribution in [0.25, 0.3) is 5.69 Å². The van der Waals surface area contributed by atoms with Gasteiger partial charge < -0.3 is 9.30 Å². The average Bonchev–Trinajstić information content (AvgIpc) is 3.05. The number of hydrogen-bond donors (Lipinski definition) is 1. The van der Waals surface area contributed by atoms with Crippen molar-refractivity contribution in [3.8, 4) is 11.4 Å². The number of hydrazone groups is 1. The molecule has 180 valence electrons. The lowest BCUT2D eigenvalue weighted by Crippen LogP contribution is -2.39. The number of anilines is 1. The molecule has 0 bridgehead atoms. The van der Waals surface area contributed by atoms with E-state index < -0.39 is 22.5 Å². The highest BCUT2D eigenvalue weighted by Gasteiger charge is 2.24. The lowest BCUT2D eigenvalue weighted by Gasteiger charge is -2.23. The second-order valence-corrected chi connectivity index (χ2v) is 10.2. The van der Waals surface area contributed by atoms with Crippen molar-refractivity contribution in [2.24, 2.45) is 5.10 Å². The van der Waals surface area contributed by atoms with Crippen molar-refractivity contribution in [1.82, 2.24) is 9.99 Å². The van der Waals surface area contributed by atoms with Gasteiger partial charge in [-0.2, -0.15) is 5.10 Å². The van der Waals surface area contributed by atoms with Crippen LogP contribution in [0.2, 0.25) is 5.02 Å². The highest BCUT2D eigenvalue weighted by molar-refractivity contribution is 7.92. The lowest BCUT2D eigenvalue weighted by molar-refractivity contribution is -0.119. The summed E-state index contributed by atoms with van der Waals surface area (Å²) in [5.41, 5.74) is 7.22. The number of carbonyl (C=O) groups is 1. The van der Waals surface area contributed by atoms with Crippen molar-refractivity contribution in [3.05, 3.63) is 76.1 Å². The van der Waals surface area contributed by atoms with Gasteiger partial charge in [0.25, 0.3) is 5.91 Å². The Balaban J connectivity index is 1.78. The van der Waals surface area contributed by atoms with Crippen LogP contribution >= 0.6 is 11.6 Å². The number of aryl methyl sites for hydroxylation is 2. The number of hydrogen-bond acceptors (Lipinski definition) is 5. The average molecular weight is 503 g/mol. The Hall–Kier alpha value is -3.30. The van der Waals surface area contributed by atoms with Crippen LogP contribution in [0.1, 0.15) is 22.5 Å². The summed E-state index contributed by atoms with van der Waals surface area (Å²) < 4.78 is 33.2. The number of sulfonamides is 1. The molecule has 1 heterocycles. The summed E-state index contributed by atoms with van der Waals surface area (Å²) in [4.78, 5) is 12.6. The van der Waals surface area contributed by atoms with E-state index in [2.05, 4.69) is 15.1 Å². The zero-order valence-electron chi connectivity index (χ0n) is 19.7. The number of amides is 1. The van der Waals surface area contributed by atoms with Crippen LogP contribution in [-0.4, -0.2) is 45.0 Å². The van der Waals surface area contributed by atoms with Crippen molar-refractivity contribution < 1.29 is 17.9 Å². The summed E-state index contributed by atoms with van der Waals surface area (Å²) in [5, 5.41) is 4.70. The van der Waals surface area contributed by atoms with E-state index in [-0.39, 0.29) is 5.69 Å². The molecule has 34 heavy (non-hydrogen) atoms. The summed E-state index contributed by atoms with van der Waals surface area (Å²) in [6.45, 7) is 5.30. The quantitative estimate of drug-likeness (QED) is 0.372. The Labute approximate surface area is 204 Å². The first kappa shape index (κ1) is 25.3. The second-order valence-electron chi connectivity index (χ2n) is 7.88. The third-order valence-electron chi connectivity index (χ3n) is 5.24. The Bertz CT molecular complexity index is 1330. The molecule has 3 rings (SSSR count). The molecule has 0 spiro atoms. The van der Waals surface area contributed by atoms with Gasteiger partial charge in [0.05, 0.1) is 25.3 Å². The monoisotopic (exact) mass is 502 g/mol. The van der Waals surface area contributed by atoms with Gasteiger partial charge in [0.1, 0.15) is 12.3 Å². The molecule has 2 aromatic carbocycles. The zero-order chi connectivity index (χ0) is 25.0. The molecule has 0 fully saturated rings. The smallest absolute Gasteiger partial charge is 0.260 e. The number of carbonyl (C=O) groups excluding carboxylic acids is 1. The van der Waals surface area contributed by atoms with Gasteiger partial charge in [-0.15, -0.1) is 0 Å². The van der Waals surface area contributed by atoms with Gasteiger partial charge >= 0.3 is 0 Å². The molecular formula is C24H27ClN4O4S. The van der Waals surface area contributed by atoms with Crippen LogP contribution in [-0.2, 0) is 14.8 Å². The van der Waals surface area contributed by atoms with Gasteiger partial charge in [0, 0.05) is 27.7 Å². The number of aromatic nitrogens is 1. The molecule has 10 heteroatoms. The van der Waals surface area contributed by atoms with E-state index in [4.69, 9.17) is 16.3 Å². The molecule has 0 aliphatic carbocycles. The van der Waals surface area contributed by atoms with E-state index in [1.807, 2.05) is 51.1 Å². The number of nitrogens with zero attached hydrogens (tertiary/aromatic N) is 3. The molecule has 0 aliphatic rings.